The van der Waals surface area contributed by atoms with Crippen molar-refractivity contribution in [3.05, 3.63) is 199 Å². The second-order valence-corrected chi connectivity index (χ2v) is 14.7. The summed E-state index contributed by atoms with van der Waals surface area (Å²) in [6.07, 6.45) is 0. The molecule has 2 heteroatoms. The van der Waals surface area contributed by atoms with E-state index in [9.17, 15) is 0 Å². The molecule has 1 N–H and O–H groups in total. The molecule has 0 spiro atoms. The summed E-state index contributed by atoms with van der Waals surface area (Å²) in [7, 11) is 0. The summed E-state index contributed by atoms with van der Waals surface area (Å²) < 4.78 is 2.51. The molecule has 0 fully saturated rings. The van der Waals surface area contributed by atoms with E-state index >= 15 is 0 Å². The van der Waals surface area contributed by atoms with Crippen molar-refractivity contribution in [3.8, 4) is 50.2 Å². The Hall–Kier alpha value is -6.64. The van der Waals surface area contributed by atoms with Gasteiger partial charge in [0.25, 0.3) is 0 Å². The zero-order valence-corrected chi connectivity index (χ0v) is 29.8. The van der Waals surface area contributed by atoms with E-state index in [0.29, 0.717) is 0 Å². The highest BCUT2D eigenvalue weighted by molar-refractivity contribution is 6.16. The number of anilines is 2. The average Bonchev–Trinajstić information content (AvgIpc) is 3.67. The van der Waals surface area contributed by atoms with Gasteiger partial charge in [0.1, 0.15) is 0 Å². The van der Waals surface area contributed by atoms with Crippen LogP contribution in [-0.2, 0) is 5.41 Å². The first-order valence-corrected chi connectivity index (χ1v) is 18.4. The molecule has 1 aliphatic rings. The summed E-state index contributed by atoms with van der Waals surface area (Å²) in [6, 6.07) is 68.4. The van der Waals surface area contributed by atoms with Crippen molar-refractivity contribution in [3.63, 3.8) is 0 Å². The monoisotopic (exact) mass is 678 g/mol. The Kier molecular flexibility index (Phi) is 7.19. The van der Waals surface area contributed by atoms with Gasteiger partial charge in [-0.1, -0.05) is 153 Å². The van der Waals surface area contributed by atoms with Crippen LogP contribution >= 0.6 is 0 Å². The maximum absolute atomic E-state index is 3.64. The first kappa shape index (κ1) is 31.1. The van der Waals surface area contributed by atoms with Crippen LogP contribution in [0.5, 0.6) is 0 Å². The van der Waals surface area contributed by atoms with Gasteiger partial charge in [-0.25, -0.2) is 0 Å². The quantitative estimate of drug-likeness (QED) is 0.185. The number of rotatable bonds is 6. The minimum Gasteiger partial charge on any atom is -0.355 e. The first-order chi connectivity index (χ1) is 26.0. The van der Waals surface area contributed by atoms with E-state index in [0.717, 1.165) is 11.4 Å². The number of hydrogen-bond donors (Lipinski definition) is 1. The molecule has 53 heavy (non-hydrogen) atoms. The van der Waals surface area contributed by atoms with Gasteiger partial charge in [-0.15, -0.1) is 0 Å². The van der Waals surface area contributed by atoms with Crippen molar-refractivity contribution in [2.75, 3.05) is 5.32 Å². The van der Waals surface area contributed by atoms with Crippen LogP contribution in [-0.4, -0.2) is 4.57 Å². The lowest BCUT2D eigenvalue weighted by molar-refractivity contribution is 0.661. The molecule has 0 aliphatic heterocycles. The minimum absolute atomic E-state index is 0.0927. The fourth-order valence-corrected chi connectivity index (χ4v) is 8.58. The molecule has 0 atom stereocenters. The second-order valence-electron chi connectivity index (χ2n) is 14.7. The number of hydrogen-bond acceptors (Lipinski definition) is 1. The summed E-state index contributed by atoms with van der Waals surface area (Å²) >= 11 is 0. The highest BCUT2D eigenvalue weighted by Gasteiger charge is 2.37. The number of nitrogens with one attached hydrogen (secondary N) is 1. The van der Waals surface area contributed by atoms with Crippen LogP contribution in [0.2, 0.25) is 0 Å². The van der Waals surface area contributed by atoms with Crippen LogP contribution in [0.1, 0.15) is 25.0 Å². The molecule has 0 saturated carbocycles. The Morgan fingerprint density at radius 2 is 1.08 bits per heavy atom. The maximum Gasteiger partial charge on any atom is 0.0622 e. The predicted molar refractivity (Wildman–Crippen MR) is 224 cm³/mol. The van der Waals surface area contributed by atoms with Crippen molar-refractivity contribution in [2.45, 2.75) is 19.3 Å². The van der Waals surface area contributed by atoms with E-state index in [4.69, 9.17) is 0 Å². The van der Waals surface area contributed by atoms with Crippen LogP contribution in [0.3, 0.4) is 0 Å². The third-order valence-electron chi connectivity index (χ3n) is 11.2. The highest BCUT2D eigenvalue weighted by atomic mass is 15.0. The molecular weight excluding hydrogens is 641 g/mol. The van der Waals surface area contributed by atoms with Crippen molar-refractivity contribution < 1.29 is 0 Å². The van der Waals surface area contributed by atoms with E-state index in [-0.39, 0.29) is 5.41 Å². The lowest BCUT2D eigenvalue weighted by Gasteiger charge is -2.21. The standard InChI is InChI=1S/C51H38N2/c1-51(2)45-25-11-9-24-43(45)49-46(51)29-28-42-44-33-37(27-30-48(44)53(50(42)49)40-22-14-18-36(32-40)34-15-5-3-6-16-34)35-17-13-19-38(31-35)41-23-10-12-26-47(41)52-39-20-7-4-8-21-39/h3-33,52H,1-2H3. The molecular formula is C51H38N2. The van der Waals surface area contributed by atoms with Crippen molar-refractivity contribution >= 4 is 33.2 Å². The van der Waals surface area contributed by atoms with Gasteiger partial charge in [0.2, 0.25) is 0 Å². The van der Waals surface area contributed by atoms with Crippen molar-refractivity contribution in [1.82, 2.24) is 4.57 Å². The molecule has 0 bridgehead atoms. The molecule has 1 aromatic heterocycles. The predicted octanol–water partition coefficient (Wildman–Crippen LogP) is 13.8. The largest absolute Gasteiger partial charge is 0.355 e. The third-order valence-corrected chi connectivity index (χ3v) is 11.2. The summed E-state index contributed by atoms with van der Waals surface area (Å²) in [5.41, 5.74) is 18.3. The summed E-state index contributed by atoms with van der Waals surface area (Å²) in [5, 5.41) is 6.16. The molecule has 252 valence electrons. The molecule has 0 unspecified atom stereocenters. The molecule has 0 radical (unpaired) electrons. The van der Waals surface area contributed by atoms with E-state index in [2.05, 4.69) is 206 Å². The van der Waals surface area contributed by atoms with Gasteiger partial charge < -0.3 is 9.88 Å². The Morgan fingerprint density at radius 1 is 0.434 bits per heavy atom. The van der Waals surface area contributed by atoms with Crippen LogP contribution in [0.15, 0.2) is 188 Å². The summed E-state index contributed by atoms with van der Waals surface area (Å²) in [4.78, 5) is 0. The smallest absolute Gasteiger partial charge is 0.0622 e. The van der Waals surface area contributed by atoms with Gasteiger partial charge in [-0.05, 0) is 93.0 Å². The van der Waals surface area contributed by atoms with Crippen molar-refractivity contribution in [2.24, 2.45) is 0 Å². The van der Waals surface area contributed by atoms with E-state index in [1.165, 1.54) is 83.1 Å². The molecule has 1 heterocycles. The fourth-order valence-electron chi connectivity index (χ4n) is 8.58. The second kappa shape index (κ2) is 12.3. The molecule has 9 aromatic rings. The molecule has 2 nitrogen and oxygen atoms in total. The molecule has 8 aromatic carbocycles. The average molecular weight is 679 g/mol. The fraction of sp³-hybridized carbons (Fsp3) is 0.0588. The van der Waals surface area contributed by atoms with Crippen molar-refractivity contribution in [1.29, 1.82) is 0 Å². The Bertz CT molecular complexity index is 2820. The molecule has 1 aliphatic carbocycles. The topological polar surface area (TPSA) is 17.0 Å². The SMILES string of the molecule is CC1(C)c2ccccc2-c2c1ccc1c3cc(-c4cccc(-c5ccccc5Nc5ccccc5)c4)ccc3n(-c3cccc(-c4ccccc4)c3)c21. The van der Waals surface area contributed by atoms with Crippen LogP contribution < -0.4 is 5.32 Å². The van der Waals surface area contributed by atoms with E-state index < -0.39 is 0 Å². The number of para-hydroxylation sites is 2. The van der Waals surface area contributed by atoms with Gasteiger partial charge >= 0.3 is 0 Å². The van der Waals surface area contributed by atoms with E-state index in [1.54, 1.807) is 0 Å². The van der Waals surface area contributed by atoms with Gasteiger partial charge in [0.05, 0.1) is 11.0 Å². The minimum atomic E-state index is -0.0927. The number of benzene rings is 8. The molecule has 0 saturated heterocycles. The lowest BCUT2D eigenvalue weighted by atomic mass is 9.82. The Morgan fingerprint density at radius 3 is 1.91 bits per heavy atom. The zero-order valence-electron chi connectivity index (χ0n) is 29.8. The Balaban J connectivity index is 1.18. The normalized spacial score (nSPS) is 12.9. The van der Waals surface area contributed by atoms with Crippen LogP contribution in [0.25, 0.3) is 72.0 Å². The van der Waals surface area contributed by atoms with Crippen LogP contribution in [0.4, 0.5) is 11.4 Å². The first-order valence-electron chi connectivity index (χ1n) is 18.4. The third kappa shape index (κ3) is 5.10. The number of aromatic nitrogens is 1. The summed E-state index contributed by atoms with van der Waals surface area (Å²) in [6.45, 7) is 4.73. The molecule has 0 amide bonds. The van der Waals surface area contributed by atoms with Crippen LogP contribution in [0, 0.1) is 0 Å². The van der Waals surface area contributed by atoms with Gasteiger partial charge in [0, 0.05) is 44.4 Å². The molecule has 10 rings (SSSR count). The zero-order chi connectivity index (χ0) is 35.5. The van der Waals surface area contributed by atoms with Gasteiger partial charge in [-0.2, -0.15) is 0 Å². The summed E-state index contributed by atoms with van der Waals surface area (Å²) in [5.74, 6) is 0. The van der Waals surface area contributed by atoms with Gasteiger partial charge in [-0.3, -0.25) is 0 Å². The lowest BCUT2D eigenvalue weighted by Crippen LogP contribution is -2.14. The number of fused-ring (bicyclic) bond motifs is 7. The number of nitrogens with zero attached hydrogens (tertiary/aromatic N) is 1. The highest BCUT2D eigenvalue weighted by Crippen LogP contribution is 2.53. The Labute approximate surface area is 310 Å². The maximum atomic E-state index is 3.64. The van der Waals surface area contributed by atoms with Gasteiger partial charge in [0.15, 0.2) is 0 Å². The van der Waals surface area contributed by atoms with E-state index in [1.807, 2.05) is 6.07 Å².